The van der Waals surface area contributed by atoms with Crippen LogP contribution in [-0.4, -0.2) is 43.4 Å². The van der Waals surface area contributed by atoms with Crippen molar-refractivity contribution < 1.29 is 14.8 Å². The maximum absolute atomic E-state index is 11.9. The van der Waals surface area contributed by atoms with Crippen molar-refractivity contribution in [2.45, 2.75) is 0 Å². The molecular formula is C18H23N5O3. The number of allylic oxidation sites excluding steroid dienone is 1. The minimum atomic E-state index is -0.628. The number of nitrogen functional groups attached to an aromatic ring is 1. The molecule has 0 heterocycles. The van der Waals surface area contributed by atoms with Crippen molar-refractivity contribution >= 4 is 35.5 Å². The summed E-state index contributed by atoms with van der Waals surface area (Å²) in [5.74, 6) is -0.927. The van der Waals surface area contributed by atoms with E-state index in [1.54, 1.807) is 18.2 Å². The van der Waals surface area contributed by atoms with Crippen LogP contribution in [0.15, 0.2) is 48.6 Å². The van der Waals surface area contributed by atoms with E-state index < -0.39 is 5.91 Å². The quantitative estimate of drug-likeness (QED) is 0.113. The lowest BCUT2D eigenvalue weighted by atomic mass is 10.1. The number of carbonyl (C=O) groups excluding carboxylic acids is 2. The Hall–Kier alpha value is -3.39. The molecule has 8 heteroatoms. The number of nitrogens with two attached hydrogens (primary N) is 1. The zero-order valence-electron chi connectivity index (χ0n) is 14.5. The van der Waals surface area contributed by atoms with Crippen molar-refractivity contribution in [2.75, 3.05) is 30.8 Å². The van der Waals surface area contributed by atoms with Gasteiger partial charge in [-0.15, -0.1) is 0 Å². The number of hydrogen-bond donors (Lipinski definition) is 5. The molecule has 2 amide bonds. The zero-order valence-corrected chi connectivity index (χ0v) is 14.5. The molecule has 0 radical (unpaired) electrons. The van der Waals surface area contributed by atoms with Gasteiger partial charge in [0.2, 0.25) is 0 Å². The highest BCUT2D eigenvalue weighted by Crippen LogP contribution is 2.23. The molecule has 26 heavy (non-hydrogen) atoms. The SMILES string of the molecule is C=CC(=CC=N)C(=O)NCCN(C)c1ccc(C=CC(=O)NO)cc1N. The normalized spacial score (nSPS) is 11.1. The van der Waals surface area contributed by atoms with Gasteiger partial charge in [0.25, 0.3) is 11.8 Å². The van der Waals surface area contributed by atoms with E-state index in [2.05, 4.69) is 11.9 Å². The minimum absolute atomic E-state index is 0.299. The first-order valence-electron chi connectivity index (χ1n) is 7.77. The van der Waals surface area contributed by atoms with Crippen molar-refractivity contribution in [3.63, 3.8) is 0 Å². The molecule has 0 aromatic heterocycles. The number of amides is 2. The van der Waals surface area contributed by atoms with Gasteiger partial charge >= 0.3 is 0 Å². The fourth-order valence-electron chi connectivity index (χ4n) is 2.12. The van der Waals surface area contributed by atoms with Gasteiger partial charge < -0.3 is 21.4 Å². The first-order valence-corrected chi connectivity index (χ1v) is 7.77. The van der Waals surface area contributed by atoms with Gasteiger partial charge in [-0.3, -0.25) is 14.8 Å². The van der Waals surface area contributed by atoms with Crippen molar-refractivity contribution in [3.05, 3.63) is 54.1 Å². The number of nitrogens with one attached hydrogen (secondary N) is 3. The third kappa shape index (κ3) is 6.25. The van der Waals surface area contributed by atoms with E-state index in [1.165, 1.54) is 29.8 Å². The summed E-state index contributed by atoms with van der Waals surface area (Å²) >= 11 is 0. The fraction of sp³-hybridized carbons (Fsp3) is 0.167. The van der Waals surface area contributed by atoms with Crippen LogP contribution in [0.3, 0.4) is 0 Å². The van der Waals surface area contributed by atoms with Gasteiger partial charge in [0.1, 0.15) is 0 Å². The lowest BCUT2D eigenvalue weighted by Gasteiger charge is -2.21. The molecule has 1 aromatic rings. The molecular weight excluding hydrogens is 334 g/mol. The van der Waals surface area contributed by atoms with Gasteiger partial charge in [-0.2, -0.15) is 0 Å². The Bertz CT molecular complexity index is 740. The number of likely N-dealkylation sites (N-methyl/N-ethyl adjacent to an activating group) is 1. The Kier molecular flexibility index (Phi) is 8.32. The molecule has 0 saturated heterocycles. The van der Waals surface area contributed by atoms with Crippen molar-refractivity contribution in [3.8, 4) is 0 Å². The van der Waals surface area contributed by atoms with E-state index >= 15 is 0 Å². The predicted octanol–water partition coefficient (Wildman–Crippen LogP) is 1.10. The Morgan fingerprint density at radius 3 is 2.73 bits per heavy atom. The van der Waals surface area contributed by atoms with E-state index in [1.807, 2.05) is 11.9 Å². The number of benzene rings is 1. The van der Waals surface area contributed by atoms with Gasteiger partial charge in [-0.1, -0.05) is 18.7 Å². The maximum atomic E-state index is 11.9. The summed E-state index contributed by atoms with van der Waals surface area (Å²) in [6, 6.07) is 5.29. The van der Waals surface area contributed by atoms with Gasteiger partial charge in [0.15, 0.2) is 0 Å². The first kappa shape index (κ1) is 20.7. The number of hydrogen-bond acceptors (Lipinski definition) is 6. The summed E-state index contributed by atoms with van der Waals surface area (Å²) < 4.78 is 0. The number of hydroxylamine groups is 1. The van der Waals surface area contributed by atoms with E-state index in [0.717, 1.165) is 11.9 Å². The fourth-order valence-corrected chi connectivity index (χ4v) is 2.12. The summed E-state index contributed by atoms with van der Waals surface area (Å²) in [6.07, 6.45) is 6.51. The van der Waals surface area contributed by atoms with Gasteiger partial charge in [-0.05, 0) is 29.8 Å². The van der Waals surface area contributed by atoms with Gasteiger partial charge in [0.05, 0.1) is 11.4 Å². The molecule has 0 unspecified atom stereocenters. The van der Waals surface area contributed by atoms with Crippen LogP contribution in [0.5, 0.6) is 0 Å². The molecule has 0 aliphatic heterocycles. The maximum Gasteiger partial charge on any atom is 0.267 e. The molecule has 0 saturated carbocycles. The van der Waals surface area contributed by atoms with Crippen LogP contribution in [0.2, 0.25) is 0 Å². The second-order valence-corrected chi connectivity index (χ2v) is 5.30. The second kappa shape index (κ2) is 10.5. The van der Waals surface area contributed by atoms with Crippen molar-refractivity contribution in [1.82, 2.24) is 10.8 Å². The highest BCUT2D eigenvalue weighted by molar-refractivity contribution is 5.99. The smallest absolute Gasteiger partial charge is 0.267 e. The Balaban J connectivity index is 2.66. The average molecular weight is 357 g/mol. The Morgan fingerprint density at radius 2 is 2.15 bits per heavy atom. The summed E-state index contributed by atoms with van der Waals surface area (Å²) in [5.41, 5.74) is 9.88. The van der Waals surface area contributed by atoms with Crippen LogP contribution in [0.1, 0.15) is 5.56 Å². The standard InChI is InChI=1S/C18H23N5O3/c1-3-14(8-9-19)18(25)21-10-11-23(2)16-6-4-13(12-15(16)20)5-7-17(24)22-26/h3-9,12,19,26H,1,10-11,20H2,2H3,(H,21,25)(H,22,24). The lowest BCUT2D eigenvalue weighted by Crippen LogP contribution is -2.33. The van der Waals surface area contributed by atoms with Gasteiger partial charge in [0, 0.05) is 38.0 Å². The summed E-state index contributed by atoms with van der Waals surface area (Å²) in [4.78, 5) is 24.8. The van der Waals surface area contributed by atoms with E-state index in [4.69, 9.17) is 16.4 Å². The van der Waals surface area contributed by atoms with Crippen LogP contribution in [0.25, 0.3) is 6.08 Å². The van der Waals surface area contributed by atoms with E-state index in [-0.39, 0.29) is 5.91 Å². The third-order valence-electron chi connectivity index (χ3n) is 3.48. The molecule has 0 bridgehead atoms. The van der Waals surface area contributed by atoms with Gasteiger partial charge in [-0.25, -0.2) is 5.48 Å². The number of rotatable bonds is 9. The second-order valence-electron chi connectivity index (χ2n) is 5.30. The molecule has 1 aromatic carbocycles. The molecule has 0 atom stereocenters. The molecule has 0 spiro atoms. The largest absolute Gasteiger partial charge is 0.397 e. The Morgan fingerprint density at radius 1 is 1.42 bits per heavy atom. The molecule has 0 aliphatic carbocycles. The topological polar surface area (TPSA) is 132 Å². The highest BCUT2D eigenvalue weighted by atomic mass is 16.5. The van der Waals surface area contributed by atoms with Crippen LogP contribution < -0.4 is 21.4 Å². The molecule has 0 fully saturated rings. The molecule has 8 nitrogen and oxygen atoms in total. The summed E-state index contributed by atoms with van der Waals surface area (Å²) in [5, 5.41) is 18.2. The summed E-state index contributed by atoms with van der Waals surface area (Å²) in [7, 11) is 1.84. The molecule has 6 N–H and O–H groups in total. The van der Waals surface area contributed by atoms with Crippen LogP contribution in [0.4, 0.5) is 11.4 Å². The number of nitrogens with zero attached hydrogens (tertiary/aromatic N) is 1. The van der Waals surface area contributed by atoms with E-state index in [0.29, 0.717) is 29.9 Å². The van der Waals surface area contributed by atoms with Crippen molar-refractivity contribution in [2.24, 2.45) is 0 Å². The minimum Gasteiger partial charge on any atom is -0.397 e. The predicted molar refractivity (Wildman–Crippen MR) is 103 cm³/mol. The molecule has 1 rings (SSSR count). The number of anilines is 2. The average Bonchev–Trinajstić information content (AvgIpc) is 2.63. The molecule has 0 aliphatic rings. The first-order chi connectivity index (χ1) is 12.4. The highest BCUT2D eigenvalue weighted by Gasteiger charge is 2.08. The summed E-state index contributed by atoms with van der Waals surface area (Å²) in [6.45, 7) is 4.44. The van der Waals surface area contributed by atoms with E-state index in [9.17, 15) is 9.59 Å². The van der Waals surface area contributed by atoms with Crippen LogP contribution in [-0.2, 0) is 9.59 Å². The number of carbonyl (C=O) groups is 2. The van der Waals surface area contributed by atoms with Crippen LogP contribution >= 0.6 is 0 Å². The zero-order chi connectivity index (χ0) is 19.5. The van der Waals surface area contributed by atoms with Crippen LogP contribution in [0, 0.1) is 5.41 Å². The third-order valence-corrected chi connectivity index (χ3v) is 3.48. The Labute approximate surface area is 152 Å². The van der Waals surface area contributed by atoms with Crippen molar-refractivity contribution in [1.29, 1.82) is 5.41 Å². The molecule has 138 valence electrons. The monoisotopic (exact) mass is 357 g/mol. The lowest BCUT2D eigenvalue weighted by molar-refractivity contribution is -0.124.